The van der Waals surface area contributed by atoms with Crippen LogP contribution in [0.3, 0.4) is 0 Å². The summed E-state index contributed by atoms with van der Waals surface area (Å²) in [6.07, 6.45) is 0.555. The molecule has 1 aliphatic rings. The van der Waals surface area contributed by atoms with Crippen molar-refractivity contribution in [2.24, 2.45) is 0 Å². The molecule has 1 fully saturated rings. The molecule has 0 saturated carbocycles. The van der Waals surface area contributed by atoms with Gasteiger partial charge in [0.25, 0.3) is 0 Å². The van der Waals surface area contributed by atoms with Crippen LogP contribution in [0.5, 0.6) is 0 Å². The fourth-order valence-corrected chi connectivity index (χ4v) is 2.53. The molecular formula is C14H22ClN3O+2. The molecule has 0 aromatic heterocycles. The van der Waals surface area contributed by atoms with E-state index in [-0.39, 0.29) is 5.91 Å². The van der Waals surface area contributed by atoms with Gasteiger partial charge in [0.05, 0.1) is 30.7 Å². The lowest BCUT2D eigenvalue weighted by Crippen LogP contribution is -3.27. The minimum Gasteiger partial charge on any atom is -0.328 e. The number of para-hydroxylation sites is 1. The molecule has 0 radical (unpaired) electrons. The van der Waals surface area contributed by atoms with E-state index in [1.54, 1.807) is 11.0 Å². The third-order valence-electron chi connectivity index (χ3n) is 3.66. The second-order valence-electron chi connectivity index (χ2n) is 5.24. The van der Waals surface area contributed by atoms with Crippen molar-refractivity contribution in [1.82, 2.24) is 0 Å². The number of hydrogen-bond donors (Lipinski definition) is 3. The number of quaternary nitrogens is 2. The van der Waals surface area contributed by atoms with E-state index >= 15 is 0 Å². The number of hydrogen-bond acceptors (Lipinski definition) is 1. The number of benzene rings is 1. The molecule has 4 nitrogen and oxygen atoms in total. The lowest BCUT2D eigenvalue weighted by atomic mass is 10.2. The predicted molar refractivity (Wildman–Crippen MR) is 76.9 cm³/mol. The monoisotopic (exact) mass is 283 g/mol. The number of nitrogens with one attached hydrogen (secondary N) is 3. The molecule has 0 spiro atoms. The Labute approximate surface area is 119 Å². The molecule has 1 aromatic carbocycles. The van der Waals surface area contributed by atoms with Crippen LogP contribution in [0, 0.1) is 0 Å². The van der Waals surface area contributed by atoms with Crippen LogP contribution in [0.2, 0.25) is 5.02 Å². The summed E-state index contributed by atoms with van der Waals surface area (Å²) in [6, 6.07) is 7.34. The molecule has 0 unspecified atom stereocenters. The quantitative estimate of drug-likeness (QED) is 0.657. The topological polar surface area (TPSA) is 38.0 Å². The van der Waals surface area contributed by atoms with Gasteiger partial charge in [-0.25, -0.2) is 0 Å². The van der Waals surface area contributed by atoms with Crippen LogP contribution in [0.15, 0.2) is 24.3 Å². The van der Waals surface area contributed by atoms with Crippen molar-refractivity contribution < 1.29 is 14.6 Å². The summed E-state index contributed by atoms with van der Waals surface area (Å²) in [5.41, 5.74) is 0.701. The van der Waals surface area contributed by atoms with Gasteiger partial charge in [0.1, 0.15) is 26.2 Å². The number of likely N-dealkylation sites (N-methyl/N-ethyl adjacent to an activating group) is 1. The van der Waals surface area contributed by atoms with Crippen LogP contribution in [0.1, 0.15) is 6.42 Å². The standard InChI is InChI=1S/C14H20ClN3O/c1-17-8-10-18(11-9-17)7-6-14(19)16-13-5-3-2-4-12(13)15/h2-5H,6-11H2,1H3,(H,16,19)/p+2. The van der Waals surface area contributed by atoms with Gasteiger partial charge in [0.15, 0.2) is 0 Å². The summed E-state index contributed by atoms with van der Waals surface area (Å²) in [4.78, 5) is 15.0. The summed E-state index contributed by atoms with van der Waals surface area (Å²) in [5, 5.41) is 3.46. The number of rotatable bonds is 4. The number of amides is 1. The molecule has 1 aliphatic heterocycles. The predicted octanol–water partition coefficient (Wildman–Crippen LogP) is -0.918. The zero-order chi connectivity index (χ0) is 13.7. The summed E-state index contributed by atoms with van der Waals surface area (Å²) in [7, 11) is 2.22. The third-order valence-corrected chi connectivity index (χ3v) is 3.99. The highest BCUT2D eigenvalue weighted by molar-refractivity contribution is 6.33. The number of carbonyl (C=O) groups excluding carboxylic acids is 1. The highest BCUT2D eigenvalue weighted by atomic mass is 35.5. The Hall–Kier alpha value is -1.10. The fourth-order valence-electron chi connectivity index (χ4n) is 2.35. The molecule has 2 rings (SSSR count). The van der Waals surface area contributed by atoms with Crippen LogP contribution < -0.4 is 15.1 Å². The molecule has 0 bridgehead atoms. The van der Waals surface area contributed by atoms with Gasteiger partial charge in [-0.3, -0.25) is 4.79 Å². The first-order valence-corrected chi connectivity index (χ1v) is 7.22. The maximum atomic E-state index is 11.9. The Balaban J connectivity index is 1.74. The first-order chi connectivity index (χ1) is 9.15. The minimum atomic E-state index is 0.0480. The van der Waals surface area contributed by atoms with Gasteiger partial charge < -0.3 is 15.1 Å². The Morgan fingerprint density at radius 2 is 1.95 bits per heavy atom. The van der Waals surface area contributed by atoms with E-state index in [0.29, 0.717) is 17.1 Å². The lowest BCUT2D eigenvalue weighted by Gasteiger charge is -2.27. The van der Waals surface area contributed by atoms with E-state index in [2.05, 4.69) is 12.4 Å². The summed E-state index contributed by atoms with van der Waals surface area (Å²) in [6.45, 7) is 5.61. The summed E-state index contributed by atoms with van der Waals surface area (Å²) < 4.78 is 0. The highest BCUT2D eigenvalue weighted by Gasteiger charge is 2.20. The Kier molecular flexibility index (Phi) is 5.19. The molecule has 104 valence electrons. The number of anilines is 1. The minimum absolute atomic E-state index is 0.0480. The maximum absolute atomic E-state index is 11.9. The molecule has 3 N–H and O–H groups in total. The van der Waals surface area contributed by atoms with E-state index in [0.717, 1.165) is 19.6 Å². The van der Waals surface area contributed by atoms with Crippen molar-refractivity contribution in [1.29, 1.82) is 0 Å². The maximum Gasteiger partial charge on any atom is 0.230 e. The van der Waals surface area contributed by atoms with Crippen LogP contribution in [-0.4, -0.2) is 45.7 Å². The van der Waals surface area contributed by atoms with Crippen molar-refractivity contribution in [3.63, 3.8) is 0 Å². The molecule has 0 atom stereocenters. The van der Waals surface area contributed by atoms with Gasteiger partial charge in [-0.15, -0.1) is 0 Å². The summed E-state index contributed by atoms with van der Waals surface area (Å²) >= 11 is 6.01. The normalized spacial score (nSPS) is 23.1. The highest BCUT2D eigenvalue weighted by Crippen LogP contribution is 2.20. The first-order valence-electron chi connectivity index (χ1n) is 6.84. The molecular weight excluding hydrogens is 262 g/mol. The number of carbonyl (C=O) groups is 1. The lowest BCUT2D eigenvalue weighted by molar-refractivity contribution is -1.00. The largest absolute Gasteiger partial charge is 0.328 e. The van der Waals surface area contributed by atoms with Crippen LogP contribution in [0.4, 0.5) is 5.69 Å². The zero-order valence-electron chi connectivity index (χ0n) is 11.3. The SMILES string of the molecule is C[NH+]1CC[NH+](CCC(=O)Nc2ccccc2Cl)CC1. The van der Waals surface area contributed by atoms with Gasteiger partial charge in [0.2, 0.25) is 5.91 Å². The van der Waals surface area contributed by atoms with Gasteiger partial charge in [-0.2, -0.15) is 0 Å². The van der Waals surface area contributed by atoms with E-state index in [1.807, 2.05) is 18.2 Å². The molecule has 5 heteroatoms. The average Bonchev–Trinajstić information content (AvgIpc) is 2.41. The van der Waals surface area contributed by atoms with Crippen LogP contribution in [0.25, 0.3) is 0 Å². The van der Waals surface area contributed by atoms with Crippen molar-refractivity contribution in [3.05, 3.63) is 29.3 Å². The Bertz CT molecular complexity index is 430. The van der Waals surface area contributed by atoms with E-state index in [4.69, 9.17) is 11.6 Å². The molecule has 1 heterocycles. The second-order valence-corrected chi connectivity index (χ2v) is 5.64. The van der Waals surface area contributed by atoms with Gasteiger partial charge in [-0.05, 0) is 12.1 Å². The number of halogens is 1. The van der Waals surface area contributed by atoms with Gasteiger partial charge in [-0.1, -0.05) is 23.7 Å². The van der Waals surface area contributed by atoms with Crippen molar-refractivity contribution in [3.8, 4) is 0 Å². The molecule has 1 amide bonds. The fraction of sp³-hybridized carbons (Fsp3) is 0.500. The van der Waals surface area contributed by atoms with Gasteiger partial charge >= 0.3 is 0 Å². The average molecular weight is 284 g/mol. The third kappa shape index (κ3) is 4.49. The van der Waals surface area contributed by atoms with Gasteiger partial charge in [0, 0.05) is 0 Å². The molecule has 1 saturated heterocycles. The van der Waals surface area contributed by atoms with E-state index < -0.39 is 0 Å². The Morgan fingerprint density at radius 3 is 2.63 bits per heavy atom. The second kappa shape index (κ2) is 6.89. The van der Waals surface area contributed by atoms with Crippen molar-refractivity contribution >= 4 is 23.2 Å². The Morgan fingerprint density at radius 1 is 1.26 bits per heavy atom. The van der Waals surface area contributed by atoms with Crippen LogP contribution in [-0.2, 0) is 4.79 Å². The van der Waals surface area contributed by atoms with Crippen molar-refractivity contribution in [2.75, 3.05) is 45.1 Å². The van der Waals surface area contributed by atoms with E-state index in [1.165, 1.54) is 18.0 Å². The molecule has 19 heavy (non-hydrogen) atoms. The van der Waals surface area contributed by atoms with Crippen LogP contribution >= 0.6 is 11.6 Å². The van der Waals surface area contributed by atoms with E-state index in [9.17, 15) is 4.79 Å². The summed E-state index contributed by atoms with van der Waals surface area (Å²) in [5.74, 6) is 0.0480. The zero-order valence-corrected chi connectivity index (χ0v) is 12.1. The molecule has 0 aliphatic carbocycles. The van der Waals surface area contributed by atoms with Crippen molar-refractivity contribution in [2.45, 2.75) is 6.42 Å². The molecule has 1 aromatic rings. The number of piperazine rings is 1. The first kappa shape index (κ1) is 14.3. The smallest absolute Gasteiger partial charge is 0.230 e.